The molecular formula is C11H17N3OS. The molecule has 0 radical (unpaired) electrons. The number of thioether (sulfide) groups is 1. The van der Waals surface area contributed by atoms with Gasteiger partial charge in [-0.3, -0.25) is 4.90 Å². The molecule has 88 valence electrons. The molecule has 1 aliphatic heterocycles. The van der Waals surface area contributed by atoms with Crippen LogP contribution in [-0.4, -0.2) is 46.1 Å². The number of aromatic nitrogens is 1. The molecule has 1 aliphatic rings. The van der Waals surface area contributed by atoms with Gasteiger partial charge >= 0.3 is 0 Å². The summed E-state index contributed by atoms with van der Waals surface area (Å²) in [6.07, 6.45) is 1.09. The highest BCUT2D eigenvalue weighted by atomic mass is 32.2. The maximum absolute atomic E-state index is 10.3. The fourth-order valence-electron chi connectivity index (χ4n) is 1.93. The van der Waals surface area contributed by atoms with Crippen molar-refractivity contribution in [3.63, 3.8) is 0 Å². The molecule has 5 heteroatoms. The Hall–Kier alpha value is -0.780. The van der Waals surface area contributed by atoms with Crippen molar-refractivity contribution in [3.05, 3.63) is 23.9 Å². The van der Waals surface area contributed by atoms with Crippen molar-refractivity contribution in [1.29, 1.82) is 0 Å². The first-order valence-corrected chi connectivity index (χ1v) is 6.52. The zero-order chi connectivity index (χ0) is 11.5. The van der Waals surface area contributed by atoms with Gasteiger partial charge < -0.3 is 10.8 Å². The first kappa shape index (κ1) is 11.7. The maximum Gasteiger partial charge on any atom is 0.129 e. The third kappa shape index (κ3) is 2.31. The smallest absolute Gasteiger partial charge is 0.129 e. The highest BCUT2D eigenvalue weighted by Crippen LogP contribution is 2.28. The lowest BCUT2D eigenvalue weighted by Gasteiger charge is -2.35. The van der Waals surface area contributed by atoms with Crippen molar-refractivity contribution in [3.8, 4) is 0 Å². The van der Waals surface area contributed by atoms with E-state index in [-0.39, 0.29) is 6.04 Å². The van der Waals surface area contributed by atoms with Gasteiger partial charge in [-0.25, -0.2) is 4.98 Å². The van der Waals surface area contributed by atoms with Gasteiger partial charge in [-0.05, 0) is 13.1 Å². The van der Waals surface area contributed by atoms with Gasteiger partial charge in [0.05, 0.1) is 6.10 Å². The summed E-state index contributed by atoms with van der Waals surface area (Å²) >= 11 is 1.87. The van der Waals surface area contributed by atoms with Crippen LogP contribution in [0.4, 0.5) is 5.82 Å². The van der Waals surface area contributed by atoms with E-state index >= 15 is 0 Å². The Bertz CT molecular complexity index is 361. The van der Waals surface area contributed by atoms with Gasteiger partial charge in [0, 0.05) is 35.9 Å². The number of anilines is 1. The molecule has 0 saturated carbocycles. The Labute approximate surface area is 99.9 Å². The summed E-state index contributed by atoms with van der Waals surface area (Å²) < 4.78 is 0. The molecule has 2 heterocycles. The van der Waals surface area contributed by atoms with E-state index in [4.69, 9.17) is 5.73 Å². The summed E-state index contributed by atoms with van der Waals surface area (Å²) in [5.41, 5.74) is 6.51. The van der Waals surface area contributed by atoms with Crippen LogP contribution in [0.2, 0.25) is 0 Å². The summed E-state index contributed by atoms with van der Waals surface area (Å²) in [5, 5.41) is 10.3. The van der Waals surface area contributed by atoms with E-state index < -0.39 is 6.10 Å². The third-order valence-corrected chi connectivity index (χ3v) is 4.05. The van der Waals surface area contributed by atoms with Crippen molar-refractivity contribution in [2.45, 2.75) is 12.1 Å². The Morgan fingerprint density at radius 2 is 2.50 bits per heavy atom. The van der Waals surface area contributed by atoms with Gasteiger partial charge in [-0.15, -0.1) is 0 Å². The molecule has 3 N–H and O–H groups in total. The molecule has 0 bridgehead atoms. The monoisotopic (exact) mass is 239 g/mol. The van der Waals surface area contributed by atoms with Crippen molar-refractivity contribution >= 4 is 17.6 Å². The topological polar surface area (TPSA) is 62.4 Å². The number of hydrogen-bond acceptors (Lipinski definition) is 5. The largest absolute Gasteiger partial charge is 0.387 e. The Morgan fingerprint density at radius 1 is 1.69 bits per heavy atom. The second-order valence-corrected chi connectivity index (χ2v) is 5.20. The van der Waals surface area contributed by atoms with E-state index in [2.05, 4.69) is 9.88 Å². The lowest BCUT2D eigenvalue weighted by molar-refractivity contribution is 0.0762. The summed E-state index contributed by atoms with van der Waals surface area (Å²) in [6.45, 7) is 1.01. The first-order chi connectivity index (χ1) is 7.70. The van der Waals surface area contributed by atoms with Gasteiger partial charge in [-0.1, -0.05) is 6.07 Å². The molecule has 2 unspecified atom stereocenters. The number of aliphatic hydroxyl groups is 1. The molecule has 2 atom stereocenters. The minimum atomic E-state index is -0.550. The molecular weight excluding hydrogens is 222 g/mol. The number of nitrogen functional groups attached to an aromatic ring is 1. The van der Waals surface area contributed by atoms with Gasteiger partial charge in [0.2, 0.25) is 0 Å². The number of rotatable bonds is 2. The average Bonchev–Trinajstić information content (AvgIpc) is 2.29. The Morgan fingerprint density at radius 3 is 3.19 bits per heavy atom. The second kappa shape index (κ2) is 5.03. The molecule has 2 rings (SSSR count). The summed E-state index contributed by atoms with van der Waals surface area (Å²) in [6, 6.07) is 3.79. The molecule has 4 nitrogen and oxygen atoms in total. The Balaban J connectivity index is 2.17. The van der Waals surface area contributed by atoms with Crippen LogP contribution in [0.5, 0.6) is 0 Å². The SMILES string of the molecule is CN1CCSCC1C(O)c1cccnc1N. The van der Waals surface area contributed by atoms with Crippen LogP contribution in [0.25, 0.3) is 0 Å². The van der Waals surface area contributed by atoms with E-state index in [1.165, 1.54) is 0 Å². The van der Waals surface area contributed by atoms with Gasteiger partial charge in [0.25, 0.3) is 0 Å². The van der Waals surface area contributed by atoms with Crippen LogP contribution < -0.4 is 5.73 Å². The number of aliphatic hydroxyl groups excluding tert-OH is 1. The van der Waals surface area contributed by atoms with E-state index in [0.29, 0.717) is 5.82 Å². The molecule has 1 fully saturated rings. The van der Waals surface area contributed by atoms with Gasteiger partial charge in [-0.2, -0.15) is 11.8 Å². The summed E-state index contributed by atoms with van der Waals surface area (Å²) in [5.74, 6) is 2.49. The lowest BCUT2D eigenvalue weighted by atomic mass is 10.0. The molecule has 1 aromatic heterocycles. The standard InChI is InChI=1S/C11H17N3OS/c1-14-5-6-16-7-9(14)10(15)8-3-2-4-13-11(8)12/h2-4,9-10,15H,5-7H2,1H3,(H2,12,13). The minimum absolute atomic E-state index is 0.130. The number of nitrogens with two attached hydrogens (primary N) is 1. The number of hydrogen-bond donors (Lipinski definition) is 2. The predicted molar refractivity (Wildman–Crippen MR) is 67.4 cm³/mol. The fourth-order valence-corrected chi connectivity index (χ4v) is 3.19. The van der Waals surface area contributed by atoms with Crippen LogP contribution in [0.1, 0.15) is 11.7 Å². The zero-order valence-corrected chi connectivity index (χ0v) is 10.2. The quantitative estimate of drug-likeness (QED) is 0.797. The van der Waals surface area contributed by atoms with E-state index in [0.717, 1.165) is 23.6 Å². The van der Waals surface area contributed by atoms with E-state index in [1.807, 2.05) is 30.9 Å². The molecule has 1 aromatic rings. The van der Waals surface area contributed by atoms with Gasteiger partial charge in [0.15, 0.2) is 0 Å². The van der Waals surface area contributed by atoms with Crippen LogP contribution in [0, 0.1) is 0 Å². The zero-order valence-electron chi connectivity index (χ0n) is 9.34. The van der Waals surface area contributed by atoms with Crippen LogP contribution >= 0.6 is 11.8 Å². The normalized spacial score (nSPS) is 24.2. The minimum Gasteiger partial charge on any atom is -0.387 e. The van der Waals surface area contributed by atoms with Crippen molar-refractivity contribution in [1.82, 2.24) is 9.88 Å². The fraction of sp³-hybridized carbons (Fsp3) is 0.545. The molecule has 0 aromatic carbocycles. The van der Waals surface area contributed by atoms with E-state index in [9.17, 15) is 5.11 Å². The van der Waals surface area contributed by atoms with Crippen LogP contribution in [0.15, 0.2) is 18.3 Å². The number of nitrogens with zero attached hydrogens (tertiary/aromatic N) is 2. The lowest BCUT2D eigenvalue weighted by Crippen LogP contribution is -2.43. The van der Waals surface area contributed by atoms with Crippen LogP contribution in [-0.2, 0) is 0 Å². The summed E-state index contributed by atoms with van der Waals surface area (Å²) in [7, 11) is 2.04. The predicted octanol–water partition coefficient (Wildman–Crippen LogP) is 0.744. The number of likely N-dealkylation sites (N-methyl/N-ethyl adjacent to an activating group) is 1. The molecule has 1 saturated heterocycles. The average molecular weight is 239 g/mol. The van der Waals surface area contributed by atoms with Crippen molar-refractivity contribution in [2.24, 2.45) is 0 Å². The maximum atomic E-state index is 10.3. The van der Waals surface area contributed by atoms with Crippen molar-refractivity contribution < 1.29 is 5.11 Å². The van der Waals surface area contributed by atoms with E-state index in [1.54, 1.807) is 6.20 Å². The third-order valence-electron chi connectivity index (χ3n) is 3.00. The second-order valence-electron chi connectivity index (χ2n) is 4.05. The highest BCUT2D eigenvalue weighted by molar-refractivity contribution is 7.99. The molecule has 0 spiro atoms. The number of pyridine rings is 1. The summed E-state index contributed by atoms with van der Waals surface area (Å²) in [4.78, 5) is 6.20. The molecule has 0 aliphatic carbocycles. The molecule has 16 heavy (non-hydrogen) atoms. The first-order valence-electron chi connectivity index (χ1n) is 5.36. The van der Waals surface area contributed by atoms with Gasteiger partial charge in [0.1, 0.15) is 5.82 Å². The highest BCUT2D eigenvalue weighted by Gasteiger charge is 2.28. The molecule has 0 amide bonds. The Kier molecular flexibility index (Phi) is 3.68. The van der Waals surface area contributed by atoms with Crippen molar-refractivity contribution in [2.75, 3.05) is 30.8 Å². The van der Waals surface area contributed by atoms with Crippen LogP contribution in [0.3, 0.4) is 0 Å².